The van der Waals surface area contributed by atoms with Crippen molar-refractivity contribution in [3.05, 3.63) is 17.5 Å². The molecule has 0 aliphatic heterocycles. The van der Waals surface area contributed by atoms with Crippen LogP contribution in [-0.2, 0) is 16.1 Å². The zero-order chi connectivity index (χ0) is 10.4. The third kappa shape index (κ3) is 3.57. The Balaban J connectivity index is 2.23. The van der Waals surface area contributed by atoms with E-state index in [1.807, 2.05) is 13.8 Å². The van der Waals surface area contributed by atoms with Crippen molar-refractivity contribution in [1.82, 2.24) is 10.5 Å². The largest absolute Gasteiger partial charge is 0.372 e. The van der Waals surface area contributed by atoms with Gasteiger partial charge in [-0.25, -0.2) is 0 Å². The minimum absolute atomic E-state index is 0.0869. The van der Waals surface area contributed by atoms with E-state index in [1.54, 1.807) is 6.07 Å². The average Bonchev–Trinajstić information content (AvgIpc) is 2.58. The highest BCUT2D eigenvalue weighted by Crippen LogP contribution is 2.00. The SMILES string of the molecule is CCOCC(=O)NCc1cc(C)no1. The highest BCUT2D eigenvalue weighted by atomic mass is 16.5. The second-order valence-corrected chi connectivity index (χ2v) is 2.85. The van der Waals surface area contributed by atoms with Crippen LogP contribution in [0.5, 0.6) is 0 Å². The van der Waals surface area contributed by atoms with Crippen LogP contribution in [0, 0.1) is 6.92 Å². The number of aromatic nitrogens is 1. The highest BCUT2D eigenvalue weighted by molar-refractivity contribution is 5.77. The second kappa shape index (κ2) is 5.39. The molecule has 5 nitrogen and oxygen atoms in total. The van der Waals surface area contributed by atoms with Crippen LogP contribution >= 0.6 is 0 Å². The number of ether oxygens (including phenoxy) is 1. The summed E-state index contributed by atoms with van der Waals surface area (Å²) in [4.78, 5) is 11.1. The number of nitrogens with zero attached hydrogens (tertiary/aromatic N) is 1. The molecule has 1 heterocycles. The van der Waals surface area contributed by atoms with Gasteiger partial charge in [-0.05, 0) is 13.8 Å². The molecule has 0 saturated heterocycles. The van der Waals surface area contributed by atoms with Crippen LogP contribution in [0.3, 0.4) is 0 Å². The summed E-state index contributed by atoms with van der Waals surface area (Å²) in [6.45, 7) is 4.65. The molecule has 0 fully saturated rings. The van der Waals surface area contributed by atoms with Gasteiger partial charge in [0.05, 0.1) is 12.2 Å². The summed E-state index contributed by atoms with van der Waals surface area (Å²) in [5.74, 6) is 0.494. The lowest BCUT2D eigenvalue weighted by molar-refractivity contribution is -0.125. The Morgan fingerprint density at radius 2 is 2.50 bits per heavy atom. The van der Waals surface area contributed by atoms with E-state index in [1.165, 1.54) is 0 Å². The monoisotopic (exact) mass is 198 g/mol. The number of carbonyl (C=O) groups is 1. The summed E-state index contributed by atoms with van der Waals surface area (Å²) in [5.41, 5.74) is 0.805. The molecule has 5 heteroatoms. The van der Waals surface area contributed by atoms with Gasteiger partial charge in [0.15, 0.2) is 5.76 Å². The van der Waals surface area contributed by atoms with Gasteiger partial charge in [0.25, 0.3) is 0 Å². The fourth-order valence-electron chi connectivity index (χ4n) is 0.931. The maximum absolute atomic E-state index is 11.1. The van der Waals surface area contributed by atoms with Gasteiger partial charge in [-0.2, -0.15) is 0 Å². The first-order valence-corrected chi connectivity index (χ1v) is 4.49. The zero-order valence-electron chi connectivity index (χ0n) is 8.37. The molecular weight excluding hydrogens is 184 g/mol. The summed E-state index contributed by atoms with van der Waals surface area (Å²) < 4.78 is 9.84. The number of hydrogen-bond acceptors (Lipinski definition) is 4. The first kappa shape index (κ1) is 10.7. The molecule has 0 spiro atoms. The molecule has 0 saturated carbocycles. The molecule has 0 aromatic carbocycles. The smallest absolute Gasteiger partial charge is 0.246 e. The molecule has 14 heavy (non-hydrogen) atoms. The van der Waals surface area contributed by atoms with Gasteiger partial charge in [-0.1, -0.05) is 5.16 Å². The minimum Gasteiger partial charge on any atom is -0.372 e. The Hall–Kier alpha value is -1.36. The summed E-state index contributed by atoms with van der Waals surface area (Å²) in [6.07, 6.45) is 0. The van der Waals surface area contributed by atoms with Gasteiger partial charge >= 0.3 is 0 Å². The van der Waals surface area contributed by atoms with E-state index in [4.69, 9.17) is 9.26 Å². The summed E-state index contributed by atoms with van der Waals surface area (Å²) in [6, 6.07) is 1.78. The summed E-state index contributed by atoms with van der Waals surface area (Å²) in [7, 11) is 0. The molecule has 1 aromatic heterocycles. The number of carbonyl (C=O) groups excluding carboxylic acids is 1. The summed E-state index contributed by atoms with van der Waals surface area (Å²) in [5, 5.41) is 6.35. The minimum atomic E-state index is -0.152. The molecule has 78 valence electrons. The molecule has 0 atom stereocenters. The van der Waals surface area contributed by atoms with Gasteiger partial charge in [-0.3, -0.25) is 4.79 Å². The van der Waals surface area contributed by atoms with Crippen molar-refractivity contribution in [2.45, 2.75) is 20.4 Å². The molecule has 1 aromatic rings. The molecule has 0 bridgehead atoms. The zero-order valence-corrected chi connectivity index (χ0v) is 8.37. The van der Waals surface area contributed by atoms with Crippen LogP contribution in [0.15, 0.2) is 10.6 Å². The maximum atomic E-state index is 11.1. The average molecular weight is 198 g/mol. The van der Waals surface area contributed by atoms with Crippen LogP contribution in [0.25, 0.3) is 0 Å². The Bertz CT molecular complexity index is 296. The van der Waals surface area contributed by atoms with Crippen LogP contribution in [0.4, 0.5) is 0 Å². The molecule has 0 aliphatic rings. The number of amides is 1. The molecule has 1 N–H and O–H groups in total. The van der Waals surface area contributed by atoms with Crippen LogP contribution < -0.4 is 5.32 Å². The van der Waals surface area contributed by atoms with E-state index in [-0.39, 0.29) is 12.5 Å². The van der Waals surface area contributed by atoms with Gasteiger partial charge in [-0.15, -0.1) is 0 Å². The predicted molar refractivity (Wildman–Crippen MR) is 49.6 cm³/mol. The second-order valence-electron chi connectivity index (χ2n) is 2.85. The van der Waals surface area contributed by atoms with E-state index >= 15 is 0 Å². The van der Waals surface area contributed by atoms with Crippen LogP contribution in [-0.4, -0.2) is 24.3 Å². The van der Waals surface area contributed by atoms with Crippen molar-refractivity contribution >= 4 is 5.91 Å². The number of hydrogen-bond donors (Lipinski definition) is 1. The van der Waals surface area contributed by atoms with E-state index < -0.39 is 0 Å². The van der Waals surface area contributed by atoms with Crippen LogP contribution in [0.1, 0.15) is 18.4 Å². The lowest BCUT2D eigenvalue weighted by Crippen LogP contribution is -2.26. The van der Waals surface area contributed by atoms with Crippen molar-refractivity contribution in [2.24, 2.45) is 0 Å². The Morgan fingerprint density at radius 3 is 3.07 bits per heavy atom. The van der Waals surface area contributed by atoms with Crippen molar-refractivity contribution in [2.75, 3.05) is 13.2 Å². The number of nitrogens with one attached hydrogen (secondary N) is 1. The first-order chi connectivity index (χ1) is 6.72. The predicted octanol–water partition coefficient (Wildman–Crippen LogP) is 0.636. The lowest BCUT2D eigenvalue weighted by atomic mass is 10.4. The van der Waals surface area contributed by atoms with Gasteiger partial charge in [0.1, 0.15) is 6.61 Å². The third-order valence-corrected chi connectivity index (χ3v) is 1.57. The maximum Gasteiger partial charge on any atom is 0.246 e. The fourth-order valence-corrected chi connectivity index (χ4v) is 0.931. The van der Waals surface area contributed by atoms with E-state index in [2.05, 4.69) is 10.5 Å². The number of aryl methyl sites for hydroxylation is 1. The van der Waals surface area contributed by atoms with E-state index in [0.717, 1.165) is 5.69 Å². The third-order valence-electron chi connectivity index (χ3n) is 1.57. The van der Waals surface area contributed by atoms with Crippen LogP contribution in [0.2, 0.25) is 0 Å². The molecule has 1 rings (SSSR count). The highest BCUT2D eigenvalue weighted by Gasteiger charge is 2.03. The molecule has 1 amide bonds. The normalized spacial score (nSPS) is 10.1. The Labute approximate surface area is 82.4 Å². The van der Waals surface area contributed by atoms with E-state index in [9.17, 15) is 4.79 Å². The standard InChI is InChI=1S/C9H14N2O3/c1-3-13-6-9(12)10-5-8-4-7(2)11-14-8/h4H,3,5-6H2,1-2H3,(H,10,12). The quantitative estimate of drug-likeness (QED) is 0.753. The summed E-state index contributed by atoms with van der Waals surface area (Å²) >= 11 is 0. The van der Waals surface area contributed by atoms with Crippen molar-refractivity contribution in [3.8, 4) is 0 Å². The van der Waals surface area contributed by atoms with Crippen molar-refractivity contribution < 1.29 is 14.1 Å². The van der Waals surface area contributed by atoms with Gasteiger partial charge in [0.2, 0.25) is 5.91 Å². The Morgan fingerprint density at radius 1 is 1.71 bits per heavy atom. The molecule has 0 radical (unpaired) electrons. The topological polar surface area (TPSA) is 64.4 Å². The first-order valence-electron chi connectivity index (χ1n) is 4.49. The molecule has 0 aliphatic carbocycles. The lowest BCUT2D eigenvalue weighted by Gasteiger charge is -2.01. The van der Waals surface area contributed by atoms with Crippen molar-refractivity contribution in [3.63, 3.8) is 0 Å². The van der Waals surface area contributed by atoms with Gasteiger partial charge < -0.3 is 14.6 Å². The molecular formula is C9H14N2O3. The van der Waals surface area contributed by atoms with Gasteiger partial charge in [0, 0.05) is 12.7 Å². The molecule has 0 unspecified atom stereocenters. The number of rotatable bonds is 5. The van der Waals surface area contributed by atoms with E-state index in [0.29, 0.717) is 18.9 Å². The van der Waals surface area contributed by atoms with Crippen molar-refractivity contribution in [1.29, 1.82) is 0 Å². The Kier molecular flexibility index (Phi) is 4.12. The fraction of sp³-hybridized carbons (Fsp3) is 0.556.